The van der Waals surface area contributed by atoms with Gasteiger partial charge in [0, 0.05) is 0 Å². The van der Waals surface area contributed by atoms with Crippen LogP contribution in [0.3, 0.4) is 0 Å². The molecule has 0 aliphatic carbocycles. The third-order valence-corrected chi connectivity index (χ3v) is 16.4. The van der Waals surface area contributed by atoms with Crippen molar-refractivity contribution in [3.8, 4) is 0 Å². The highest BCUT2D eigenvalue weighted by Gasteiger charge is 2.19. The van der Waals surface area contributed by atoms with Gasteiger partial charge in [-0.2, -0.15) is 0 Å². The SMILES string of the molecule is CC(C)CCCCCOC(=O)CSP(SCC(=O)OCCCCCC(C)C)SCC(=O)OCCCCCC(C)C. The van der Waals surface area contributed by atoms with Gasteiger partial charge in [0.05, 0.1) is 42.6 Å². The van der Waals surface area contributed by atoms with E-state index >= 15 is 0 Å². The smallest absolute Gasteiger partial charge is 0.316 e. The van der Waals surface area contributed by atoms with Gasteiger partial charge in [0.25, 0.3) is 0 Å². The first kappa shape index (κ1) is 39.9. The predicted octanol–water partition coefficient (Wildman–Crippen LogP) is 9.69. The van der Waals surface area contributed by atoms with Crippen molar-refractivity contribution in [3.05, 3.63) is 0 Å². The monoisotopic (exact) mass is 640 g/mol. The molecule has 0 aromatic heterocycles. The fourth-order valence-corrected chi connectivity index (χ4v) is 12.1. The third kappa shape index (κ3) is 29.4. The standard InChI is InChI=1S/C30H57O6PS3/c1-25(2)16-10-7-13-19-34-28(31)22-38-37(39-23-29(32)35-20-14-8-11-17-26(3)4)40-24-30(33)36-21-15-9-12-18-27(5)6/h25-27H,7-24H2,1-6H3. The molecule has 0 aliphatic rings. The average molecular weight is 641 g/mol. The van der Waals surface area contributed by atoms with Crippen molar-refractivity contribution in [2.75, 3.05) is 37.1 Å². The van der Waals surface area contributed by atoms with Crippen molar-refractivity contribution in [3.63, 3.8) is 0 Å². The normalized spacial score (nSPS) is 11.6. The molecule has 0 aromatic carbocycles. The molecule has 0 atom stereocenters. The van der Waals surface area contributed by atoms with E-state index in [9.17, 15) is 14.4 Å². The summed E-state index contributed by atoms with van der Waals surface area (Å²) in [5.41, 5.74) is -0.906. The highest BCUT2D eigenvalue weighted by Crippen LogP contribution is 2.70. The summed E-state index contributed by atoms with van der Waals surface area (Å²) >= 11 is 4.39. The van der Waals surface area contributed by atoms with Crippen LogP contribution < -0.4 is 0 Å². The van der Waals surface area contributed by atoms with Crippen molar-refractivity contribution in [2.24, 2.45) is 17.8 Å². The summed E-state index contributed by atoms with van der Waals surface area (Å²) in [4.78, 5) is 36.8. The second-order valence-corrected chi connectivity index (χ2v) is 21.2. The summed E-state index contributed by atoms with van der Waals surface area (Å²) in [5, 5.41) is 0. The van der Waals surface area contributed by atoms with Crippen LogP contribution in [0.25, 0.3) is 0 Å². The molecular formula is C30H57O6PS3. The Morgan fingerprint density at radius 1 is 0.475 bits per heavy atom. The van der Waals surface area contributed by atoms with E-state index in [4.69, 9.17) is 14.2 Å². The van der Waals surface area contributed by atoms with E-state index in [0.717, 1.165) is 57.8 Å². The number of unbranched alkanes of at least 4 members (excludes halogenated alkanes) is 6. The maximum absolute atomic E-state index is 12.3. The fraction of sp³-hybridized carbons (Fsp3) is 0.900. The van der Waals surface area contributed by atoms with Crippen LogP contribution in [0.1, 0.15) is 119 Å². The van der Waals surface area contributed by atoms with Crippen LogP contribution in [-0.4, -0.2) is 55.0 Å². The van der Waals surface area contributed by atoms with E-state index in [1.165, 1.54) is 53.4 Å². The number of rotatable bonds is 27. The first-order valence-corrected chi connectivity index (χ1v) is 21.4. The van der Waals surface area contributed by atoms with Gasteiger partial charge in [-0.1, -0.05) is 99.3 Å². The van der Waals surface area contributed by atoms with E-state index in [1.54, 1.807) is 0 Å². The molecule has 0 N–H and O–H groups in total. The van der Waals surface area contributed by atoms with Crippen molar-refractivity contribution in [1.29, 1.82) is 0 Å². The molecule has 0 bridgehead atoms. The minimum Gasteiger partial charge on any atom is -0.465 e. The summed E-state index contributed by atoms with van der Waals surface area (Å²) in [5.74, 6) is 2.03. The van der Waals surface area contributed by atoms with Crippen LogP contribution in [-0.2, 0) is 28.6 Å². The number of hydrogen-bond donors (Lipinski definition) is 0. The van der Waals surface area contributed by atoms with Crippen LogP contribution in [0, 0.1) is 17.8 Å². The zero-order valence-corrected chi connectivity index (χ0v) is 29.4. The Hall–Kier alpha value is -0.110. The van der Waals surface area contributed by atoms with E-state index in [-0.39, 0.29) is 35.2 Å². The number of hydrogen-bond acceptors (Lipinski definition) is 9. The summed E-state index contributed by atoms with van der Waals surface area (Å²) < 4.78 is 16.2. The molecule has 0 aromatic rings. The lowest BCUT2D eigenvalue weighted by Crippen LogP contribution is -2.10. The zero-order chi connectivity index (χ0) is 30.0. The Bertz CT molecular complexity index is 563. The third-order valence-electron chi connectivity index (χ3n) is 5.93. The van der Waals surface area contributed by atoms with E-state index in [2.05, 4.69) is 41.5 Å². The maximum atomic E-state index is 12.3. The Kier molecular flexibility index (Phi) is 27.6. The highest BCUT2D eigenvalue weighted by atomic mass is 33.4. The molecule has 0 saturated carbocycles. The van der Waals surface area contributed by atoms with Crippen molar-refractivity contribution >= 4 is 57.6 Å². The zero-order valence-electron chi connectivity index (χ0n) is 26.1. The molecular weight excluding hydrogens is 583 g/mol. The summed E-state index contributed by atoms with van der Waals surface area (Å²) in [6.45, 7) is 14.6. The van der Waals surface area contributed by atoms with Gasteiger partial charge in [-0.05, 0) is 37.0 Å². The molecule has 6 nitrogen and oxygen atoms in total. The minimum atomic E-state index is -0.906. The Labute approximate surface area is 258 Å². The summed E-state index contributed by atoms with van der Waals surface area (Å²) in [7, 11) is 0. The van der Waals surface area contributed by atoms with Crippen molar-refractivity contribution in [2.45, 2.75) is 119 Å². The van der Waals surface area contributed by atoms with Crippen LogP contribution in [0.2, 0.25) is 0 Å². The molecule has 0 aliphatic heterocycles. The Morgan fingerprint density at radius 2 is 0.750 bits per heavy atom. The van der Waals surface area contributed by atoms with Crippen molar-refractivity contribution in [1.82, 2.24) is 0 Å². The van der Waals surface area contributed by atoms with Gasteiger partial charge in [0.2, 0.25) is 0 Å². The first-order valence-electron chi connectivity index (χ1n) is 15.3. The fourth-order valence-electron chi connectivity index (χ4n) is 3.61. The van der Waals surface area contributed by atoms with E-state index < -0.39 is 5.53 Å². The Morgan fingerprint density at radius 3 is 1.00 bits per heavy atom. The lowest BCUT2D eigenvalue weighted by molar-refractivity contribution is -0.141. The van der Waals surface area contributed by atoms with Gasteiger partial charge in [0.15, 0.2) is 0 Å². The first-order chi connectivity index (χ1) is 19.1. The van der Waals surface area contributed by atoms with Crippen LogP contribution in [0.5, 0.6) is 0 Å². The number of ether oxygens (including phenoxy) is 3. The Balaban J connectivity index is 4.40. The van der Waals surface area contributed by atoms with Gasteiger partial charge in [-0.3, -0.25) is 14.4 Å². The van der Waals surface area contributed by atoms with Gasteiger partial charge in [0.1, 0.15) is 0 Å². The number of esters is 3. The summed E-state index contributed by atoms with van der Waals surface area (Å²) in [6.07, 6.45) is 12.9. The molecule has 0 amide bonds. The van der Waals surface area contributed by atoms with Gasteiger partial charge in [-0.25, -0.2) is 0 Å². The molecule has 10 heteroatoms. The molecule has 0 rings (SSSR count). The second-order valence-electron chi connectivity index (χ2n) is 11.4. The van der Waals surface area contributed by atoms with Crippen molar-refractivity contribution < 1.29 is 28.6 Å². The van der Waals surface area contributed by atoms with Gasteiger partial charge in [-0.15, -0.1) is 34.1 Å². The molecule has 40 heavy (non-hydrogen) atoms. The highest BCUT2D eigenvalue weighted by molar-refractivity contribution is 9.12. The molecule has 0 unspecified atom stereocenters. The topological polar surface area (TPSA) is 78.9 Å². The molecule has 0 fully saturated rings. The van der Waals surface area contributed by atoms with Gasteiger partial charge >= 0.3 is 17.9 Å². The van der Waals surface area contributed by atoms with E-state index in [1.807, 2.05) is 0 Å². The van der Waals surface area contributed by atoms with Crippen LogP contribution in [0.4, 0.5) is 0 Å². The second kappa shape index (κ2) is 27.7. The molecule has 0 saturated heterocycles. The lowest BCUT2D eigenvalue weighted by atomic mass is 10.1. The molecule has 0 heterocycles. The van der Waals surface area contributed by atoms with Crippen LogP contribution >= 0.6 is 39.7 Å². The average Bonchev–Trinajstić information content (AvgIpc) is 2.89. The quantitative estimate of drug-likeness (QED) is 0.0377. The lowest BCUT2D eigenvalue weighted by Gasteiger charge is -2.15. The van der Waals surface area contributed by atoms with E-state index in [0.29, 0.717) is 37.6 Å². The molecule has 0 radical (unpaired) electrons. The maximum Gasteiger partial charge on any atom is 0.316 e. The summed E-state index contributed by atoms with van der Waals surface area (Å²) in [6, 6.07) is 0. The van der Waals surface area contributed by atoms with Gasteiger partial charge < -0.3 is 14.2 Å². The molecule has 236 valence electrons. The molecule has 0 spiro atoms. The largest absolute Gasteiger partial charge is 0.465 e. The predicted molar refractivity (Wildman–Crippen MR) is 177 cm³/mol. The number of carbonyl (C=O) groups excluding carboxylic acids is 3. The minimum absolute atomic E-state index is 0.216. The number of carbonyl (C=O) groups is 3. The van der Waals surface area contributed by atoms with Crippen LogP contribution in [0.15, 0.2) is 0 Å².